The highest BCUT2D eigenvalue weighted by atomic mass is 32.2. The monoisotopic (exact) mass is 347 g/mol. The number of benzene rings is 1. The Labute approximate surface area is 143 Å². The number of carbonyl (C=O) groups is 1. The maximum atomic E-state index is 11.8. The molecule has 0 amide bonds. The van der Waals surface area contributed by atoms with Crippen LogP contribution in [0.15, 0.2) is 48.7 Å². The van der Waals surface area contributed by atoms with Gasteiger partial charge in [-0.1, -0.05) is 12.1 Å². The Morgan fingerprint density at radius 2 is 2.17 bits per heavy atom. The van der Waals surface area contributed by atoms with E-state index in [0.717, 1.165) is 0 Å². The van der Waals surface area contributed by atoms with Crippen LogP contribution in [0.5, 0.6) is 0 Å². The van der Waals surface area contributed by atoms with Gasteiger partial charge in [0.25, 0.3) is 5.69 Å². The van der Waals surface area contributed by atoms with E-state index < -0.39 is 16.9 Å². The first-order chi connectivity index (χ1) is 11.5. The molecule has 0 fully saturated rings. The molecule has 0 aliphatic rings. The summed E-state index contributed by atoms with van der Waals surface area (Å²) in [5.74, 6) is 0.0857. The Hall–Kier alpha value is -2.61. The Balaban J connectivity index is 2.52. The average molecular weight is 347 g/mol. The Kier molecular flexibility index (Phi) is 6.14. The van der Waals surface area contributed by atoms with Gasteiger partial charge in [0.1, 0.15) is 11.9 Å². The number of carboxylic acids is 1. The number of hydrogen-bond acceptors (Lipinski definition) is 6. The molecule has 1 atom stereocenters. The van der Waals surface area contributed by atoms with Gasteiger partial charge in [0.05, 0.1) is 10.6 Å². The van der Waals surface area contributed by atoms with Gasteiger partial charge in [-0.15, -0.1) is 0 Å². The van der Waals surface area contributed by atoms with E-state index in [2.05, 4.69) is 4.98 Å². The number of carboxylic acid groups (broad SMARTS) is 1. The molecular weight excluding hydrogens is 330 g/mol. The first-order valence-corrected chi connectivity index (χ1v) is 8.60. The summed E-state index contributed by atoms with van der Waals surface area (Å²) < 4.78 is 0. The normalized spacial score (nSPS) is 11.7. The SMILES string of the molecule is CSCC[C@@H](C(=O)O)N(c1cccc([N+](=O)[O-])c1)c1ccccn1. The fourth-order valence-corrected chi connectivity index (χ4v) is 2.78. The number of nitro groups is 1. The molecule has 0 aliphatic heterocycles. The number of nitrogens with zero attached hydrogens (tertiary/aromatic N) is 3. The van der Waals surface area contributed by atoms with E-state index in [4.69, 9.17) is 0 Å². The fraction of sp³-hybridized carbons (Fsp3) is 0.250. The van der Waals surface area contributed by atoms with Crippen LogP contribution in [0.1, 0.15) is 6.42 Å². The molecular formula is C16H17N3O4S. The predicted octanol–water partition coefficient (Wildman–Crippen LogP) is 3.33. The van der Waals surface area contributed by atoms with Crippen LogP contribution in [0.4, 0.5) is 17.2 Å². The van der Waals surface area contributed by atoms with E-state index in [1.54, 1.807) is 42.2 Å². The number of non-ortho nitro benzene ring substituents is 1. The van der Waals surface area contributed by atoms with E-state index in [-0.39, 0.29) is 5.69 Å². The van der Waals surface area contributed by atoms with Gasteiger partial charge in [0.2, 0.25) is 0 Å². The molecule has 24 heavy (non-hydrogen) atoms. The molecule has 8 heteroatoms. The Morgan fingerprint density at radius 3 is 2.75 bits per heavy atom. The molecule has 1 aromatic heterocycles. The van der Waals surface area contributed by atoms with Crippen LogP contribution in [0.3, 0.4) is 0 Å². The minimum Gasteiger partial charge on any atom is -0.480 e. The van der Waals surface area contributed by atoms with E-state index in [9.17, 15) is 20.0 Å². The van der Waals surface area contributed by atoms with Crippen LogP contribution in [0.25, 0.3) is 0 Å². The van der Waals surface area contributed by atoms with Crippen LogP contribution in [0.2, 0.25) is 0 Å². The molecule has 0 spiro atoms. The standard InChI is InChI=1S/C16H17N3O4S/c1-24-10-8-14(16(20)21)18(15-7-2-3-9-17-15)12-5-4-6-13(11-12)19(22)23/h2-7,9,11,14H,8,10H2,1H3,(H,20,21)/t14-/m0/s1. The van der Waals surface area contributed by atoms with Crippen LogP contribution in [-0.4, -0.2) is 39.0 Å². The van der Waals surface area contributed by atoms with Gasteiger partial charge in [-0.05, 0) is 36.6 Å². The highest BCUT2D eigenvalue weighted by Crippen LogP contribution is 2.30. The summed E-state index contributed by atoms with van der Waals surface area (Å²) in [4.78, 5) is 28.1. The molecule has 1 heterocycles. The average Bonchev–Trinajstić information content (AvgIpc) is 2.59. The highest BCUT2D eigenvalue weighted by molar-refractivity contribution is 7.98. The zero-order valence-corrected chi connectivity index (χ0v) is 13.8. The van der Waals surface area contributed by atoms with Crippen molar-refractivity contribution in [1.29, 1.82) is 0 Å². The summed E-state index contributed by atoms with van der Waals surface area (Å²) in [6.45, 7) is 0. The summed E-state index contributed by atoms with van der Waals surface area (Å²) in [5.41, 5.74) is 0.332. The molecule has 2 rings (SSSR count). The minimum atomic E-state index is -0.999. The number of nitro benzene ring substituents is 1. The first kappa shape index (κ1) is 17.7. The first-order valence-electron chi connectivity index (χ1n) is 7.21. The van der Waals surface area contributed by atoms with Gasteiger partial charge >= 0.3 is 5.97 Å². The summed E-state index contributed by atoms with van der Waals surface area (Å²) >= 11 is 1.54. The van der Waals surface area contributed by atoms with Gasteiger partial charge in [-0.2, -0.15) is 11.8 Å². The third kappa shape index (κ3) is 4.23. The van der Waals surface area contributed by atoms with Crippen molar-refractivity contribution in [3.63, 3.8) is 0 Å². The molecule has 126 valence electrons. The molecule has 0 bridgehead atoms. The van der Waals surface area contributed by atoms with E-state index >= 15 is 0 Å². The van der Waals surface area contributed by atoms with E-state index in [1.165, 1.54) is 23.1 Å². The van der Waals surface area contributed by atoms with Crippen molar-refractivity contribution in [1.82, 2.24) is 4.98 Å². The molecule has 0 saturated carbocycles. The van der Waals surface area contributed by atoms with Crippen LogP contribution in [-0.2, 0) is 4.79 Å². The van der Waals surface area contributed by atoms with Crippen molar-refractivity contribution in [3.05, 3.63) is 58.8 Å². The van der Waals surface area contributed by atoms with Gasteiger partial charge < -0.3 is 10.0 Å². The number of rotatable bonds is 8. The van der Waals surface area contributed by atoms with Crippen molar-refractivity contribution >= 4 is 34.9 Å². The Morgan fingerprint density at radius 1 is 1.38 bits per heavy atom. The van der Waals surface area contributed by atoms with E-state index in [0.29, 0.717) is 23.7 Å². The molecule has 0 radical (unpaired) electrons. The predicted molar refractivity (Wildman–Crippen MR) is 93.9 cm³/mol. The van der Waals surface area contributed by atoms with Crippen LogP contribution >= 0.6 is 11.8 Å². The third-order valence-corrected chi connectivity index (χ3v) is 4.05. The van der Waals surface area contributed by atoms with Crippen LogP contribution in [0, 0.1) is 10.1 Å². The highest BCUT2D eigenvalue weighted by Gasteiger charge is 2.28. The zero-order valence-electron chi connectivity index (χ0n) is 13.0. The molecule has 1 N–H and O–H groups in total. The van der Waals surface area contributed by atoms with Gasteiger partial charge in [-0.3, -0.25) is 10.1 Å². The summed E-state index contributed by atoms with van der Waals surface area (Å²) in [6, 6.07) is 10.2. The summed E-state index contributed by atoms with van der Waals surface area (Å²) in [5, 5.41) is 20.7. The second-order valence-corrected chi connectivity index (χ2v) is 5.96. The largest absolute Gasteiger partial charge is 0.480 e. The quantitative estimate of drug-likeness (QED) is 0.578. The number of aromatic nitrogens is 1. The molecule has 0 saturated heterocycles. The Bertz CT molecular complexity index is 711. The minimum absolute atomic E-state index is 0.0950. The second kappa shape index (κ2) is 8.30. The van der Waals surface area contributed by atoms with Gasteiger partial charge in [0, 0.05) is 18.3 Å². The van der Waals surface area contributed by atoms with Crippen molar-refractivity contribution in [2.75, 3.05) is 16.9 Å². The molecule has 1 aromatic carbocycles. The van der Waals surface area contributed by atoms with Crippen molar-refractivity contribution < 1.29 is 14.8 Å². The topological polar surface area (TPSA) is 96.6 Å². The third-order valence-electron chi connectivity index (χ3n) is 3.41. The number of pyridine rings is 1. The lowest BCUT2D eigenvalue weighted by atomic mass is 10.1. The fourth-order valence-electron chi connectivity index (χ4n) is 2.32. The van der Waals surface area contributed by atoms with Crippen molar-refractivity contribution in [2.45, 2.75) is 12.5 Å². The molecule has 2 aromatic rings. The number of hydrogen-bond donors (Lipinski definition) is 1. The smallest absolute Gasteiger partial charge is 0.326 e. The summed E-state index contributed by atoms with van der Waals surface area (Å²) in [7, 11) is 0. The van der Waals surface area contributed by atoms with Gasteiger partial charge in [-0.25, -0.2) is 9.78 Å². The lowest BCUT2D eigenvalue weighted by molar-refractivity contribution is -0.384. The number of thioether (sulfide) groups is 1. The number of aliphatic carboxylic acids is 1. The van der Waals surface area contributed by atoms with Crippen LogP contribution < -0.4 is 4.90 Å². The summed E-state index contributed by atoms with van der Waals surface area (Å²) in [6.07, 6.45) is 3.85. The van der Waals surface area contributed by atoms with Crippen molar-refractivity contribution in [3.8, 4) is 0 Å². The zero-order chi connectivity index (χ0) is 17.5. The maximum absolute atomic E-state index is 11.8. The lowest BCUT2D eigenvalue weighted by Gasteiger charge is -2.29. The van der Waals surface area contributed by atoms with E-state index in [1.807, 2.05) is 6.26 Å². The van der Waals surface area contributed by atoms with Crippen molar-refractivity contribution in [2.24, 2.45) is 0 Å². The maximum Gasteiger partial charge on any atom is 0.326 e. The lowest BCUT2D eigenvalue weighted by Crippen LogP contribution is -2.39. The number of anilines is 2. The molecule has 0 unspecified atom stereocenters. The molecule has 0 aliphatic carbocycles. The molecule has 7 nitrogen and oxygen atoms in total. The van der Waals surface area contributed by atoms with Gasteiger partial charge in [0.15, 0.2) is 0 Å². The second-order valence-electron chi connectivity index (χ2n) is 4.97.